The third-order valence-electron chi connectivity index (χ3n) is 8.02. The maximum absolute atomic E-state index is 13.6. The monoisotopic (exact) mass is 574 g/mol. The molecule has 2 aromatic heterocycles. The number of benzene rings is 2. The summed E-state index contributed by atoms with van der Waals surface area (Å²) < 4.78 is 27.3. The number of aliphatic hydroxyl groups is 1. The number of aromatic amines is 2. The minimum atomic E-state index is -2.80. The number of carbonyl (C=O) groups excluding carboxylic acids is 2. The van der Waals surface area contributed by atoms with Crippen LogP contribution in [0.2, 0.25) is 0 Å². The number of hydrogen-bond acceptors (Lipinski definition) is 5. The molecule has 0 aliphatic heterocycles. The first-order valence-corrected chi connectivity index (χ1v) is 13.7. The zero-order valence-electron chi connectivity index (χ0n) is 23.4. The molecule has 1 aliphatic rings. The maximum atomic E-state index is 13.6. The van der Waals surface area contributed by atoms with Gasteiger partial charge in [0.15, 0.2) is 0 Å². The Hall–Kier alpha value is -4.56. The van der Waals surface area contributed by atoms with Gasteiger partial charge in [-0.25, -0.2) is 18.7 Å². The van der Waals surface area contributed by atoms with Gasteiger partial charge in [-0.05, 0) is 62.6 Å². The van der Waals surface area contributed by atoms with Gasteiger partial charge in [0.1, 0.15) is 11.6 Å². The van der Waals surface area contributed by atoms with Gasteiger partial charge in [-0.2, -0.15) is 0 Å². The average Bonchev–Trinajstić information content (AvgIpc) is 3.62. The fourth-order valence-corrected chi connectivity index (χ4v) is 5.09. The molecule has 218 valence electrons. The van der Waals surface area contributed by atoms with Crippen LogP contribution in [0.15, 0.2) is 48.7 Å². The topological polar surface area (TPSA) is 136 Å². The van der Waals surface area contributed by atoms with Gasteiger partial charge < -0.3 is 25.7 Å². The van der Waals surface area contributed by atoms with Crippen LogP contribution in [0.3, 0.4) is 0 Å². The molecule has 4 aromatic rings. The summed E-state index contributed by atoms with van der Waals surface area (Å²) in [6.45, 7) is 3.61. The van der Waals surface area contributed by atoms with Crippen molar-refractivity contribution in [3.63, 3.8) is 0 Å². The Morgan fingerprint density at radius 3 is 2.43 bits per heavy atom. The summed E-state index contributed by atoms with van der Waals surface area (Å²) in [6, 6.07) is 13.3. The molecule has 0 unspecified atom stereocenters. The Kier molecular flexibility index (Phi) is 7.84. The van der Waals surface area contributed by atoms with Gasteiger partial charge in [0.25, 0.3) is 0 Å². The lowest BCUT2D eigenvalue weighted by Gasteiger charge is -2.45. The number of nitrogens with one attached hydrogen (secondary N) is 4. The molecule has 0 radical (unpaired) electrons. The number of amides is 2. The van der Waals surface area contributed by atoms with Crippen molar-refractivity contribution in [3.8, 4) is 23.1 Å². The number of rotatable bonds is 8. The van der Waals surface area contributed by atoms with Gasteiger partial charge >= 0.3 is 0 Å². The van der Waals surface area contributed by atoms with Crippen LogP contribution in [0.4, 0.5) is 8.78 Å². The highest BCUT2D eigenvalue weighted by Gasteiger charge is 2.53. The first-order valence-electron chi connectivity index (χ1n) is 13.7. The molecule has 0 spiro atoms. The summed E-state index contributed by atoms with van der Waals surface area (Å²) in [5, 5.41) is 16.4. The Morgan fingerprint density at radius 2 is 1.71 bits per heavy atom. The molecule has 42 heavy (non-hydrogen) atoms. The van der Waals surface area contributed by atoms with E-state index in [0.29, 0.717) is 30.1 Å². The molecule has 1 saturated carbocycles. The molecule has 0 saturated heterocycles. The Bertz CT molecular complexity index is 1650. The fourth-order valence-electron chi connectivity index (χ4n) is 5.09. The molecule has 5 N–H and O–H groups in total. The second-order valence-corrected chi connectivity index (χ2v) is 11.2. The van der Waals surface area contributed by atoms with Crippen molar-refractivity contribution in [2.24, 2.45) is 5.41 Å². The van der Waals surface area contributed by atoms with Gasteiger partial charge in [-0.3, -0.25) is 9.59 Å². The van der Waals surface area contributed by atoms with Crippen LogP contribution in [0.1, 0.15) is 62.3 Å². The highest BCUT2D eigenvalue weighted by atomic mass is 19.3. The summed E-state index contributed by atoms with van der Waals surface area (Å²) in [7, 11) is 0. The van der Waals surface area contributed by atoms with Crippen molar-refractivity contribution in [2.75, 3.05) is 0 Å². The minimum Gasteiger partial charge on any atom is -0.389 e. The Balaban J connectivity index is 1.21. The summed E-state index contributed by atoms with van der Waals surface area (Å²) >= 11 is 0. The number of fused-ring (bicyclic) bond motifs is 1. The maximum Gasteiger partial charge on any atom is 0.248 e. The van der Waals surface area contributed by atoms with E-state index < -0.39 is 35.7 Å². The summed E-state index contributed by atoms with van der Waals surface area (Å²) in [4.78, 5) is 38.6. The van der Waals surface area contributed by atoms with E-state index in [1.807, 2.05) is 42.5 Å². The van der Waals surface area contributed by atoms with E-state index in [1.165, 1.54) is 0 Å². The van der Waals surface area contributed by atoms with Crippen molar-refractivity contribution < 1.29 is 23.5 Å². The van der Waals surface area contributed by atoms with Gasteiger partial charge in [0.2, 0.25) is 18.2 Å². The lowest BCUT2D eigenvalue weighted by atomic mass is 9.66. The first-order chi connectivity index (χ1) is 20.0. The lowest BCUT2D eigenvalue weighted by molar-refractivity contribution is -0.168. The molecule has 2 amide bonds. The second kappa shape index (κ2) is 11.4. The van der Waals surface area contributed by atoms with Crippen LogP contribution < -0.4 is 10.6 Å². The molecule has 0 bridgehead atoms. The largest absolute Gasteiger partial charge is 0.389 e. The van der Waals surface area contributed by atoms with Crippen LogP contribution in [-0.4, -0.2) is 48.9 Å². The Morgan fingerprint density at radius 1 is 1.02 bits per heavy atom. The number of alkyl halides is 2. The molecule has 0 atom stereocenters. The number of carbonyl (C=O) groups is 2. The molecule has 2 heterocycles. The zero-order valence-corrected chi connectivity index (χ0v) is 23.4. The van der Waals surface area contributed by atoms with Crippen LogP contribution >= 0.6 is 0 Å². The molecule has 5 rings (SSSR count). The summed E-state index contributed by atoms with van der Waals surface area (Å²) in [6.07, 6.45) is 1.20. The SMILES string of the molecule is CC(C)(C(=O)NCc1nc2ccc(C#Cc3ccc(-c4cnc(CNC=O)[nH]4)cc3)cc2[nH]1)C1(O)CCC(F)(F)CC1. The number of H-pyrrole nitrogens is 2. The second-order valence-electron chi connectivity index (χ2n) is 11.2. The van der Waals surface area contributed by atoms with Gasteiger partial charge in [0.05, 0.1) is 47.0 Å². The minimum absolute atomic E-state index is 0.0992. The number of halogens is 2. The normalized spacial score (nSPS) is 15.9. The fraction of sp³-hybridized carbons (Fsp3) is 0.355. The van der Waals surface area contributed by atoms with E-state index >= 15 is 0 Å². The molecule has 2 aromatic carbocycles. The average molecular weight is 575 g/mol. The van der Waals surface area contributed by atoms with Gasteiger partial charge in [-0.1, -0.05) is 24.0 Å². The van der Waals surface area contributed by atoms with Gasteiger partial charge in [-0.15, -0.1) is 0 Å². The molecular weight excluding hydrogens is 542 g/mol. The standard InChI is InChI=1S/C31H32F2N6O3/c1-29(2,30(42)11-13-31(32,33)14-12-30)28(41)36-18-27-37-23-10-7-21(15-24(23)38-27)4-3-20-5-8-22(9-6-20)25-16-35-26(39-25)17-34-19-40/h5-10,15-16,19,42H,11-14,17-18H2,1-2H3,(H,34,40)(H,35,39)(H,36,41)(H,37,38). The number of imidazole rings is 2. The number of hydrogen-bond donors (Lipinski definition) is 5. The van der Waals surface area contributed by atoms with Crippen LogP contribution in [0.25, 0.3) is 22.3 Å². The lowest BCUT2D eigenvalue weighted by Crippen LogP contribution is -2.56. The van der Waals surface area contributed by atoms with E-state index in [-0.39, 0.29) is 19.4 Å². The van der Waals surface area contributed by atoms with E-state index in [4.69, 9.17) is 0 Å². The molecule has 9 nitrogen and oxygen atoms in total. The van der Waals surface area contributed by atoms with Crippen molar-refractivity contribution in [1.82, 2.24) is 30.6 Å². The van der Waals surface area contributed by atoms with Crippen molar-refractivity contribution in [1.29, 1.82) is 0 Å². The van der Waals surface area contributed by atoms with E-state index in [1.54, 1.807) is 20.0 Å². The molecule has 1 aliphatic carbocycles. The number of nitrogens with zero attached hydrogens (tertiary/aromatic N) is 2. The quantitative estimate of drug-likeness (QED) is 0.159. The third kappa shape index (κ3) is 6.19. The predicted molar refractivity (Wildman–Crippen MR) is 153 cm³/mol. The van der Waals surface area contributed by atoms with E-state index in [2.05, 4.69) is 42.4 Å². The van der Waals surface area contributed by atoms with Crippen molar-refractivity contribution >= 4 is 23.4 Å². The van der Waals surface area contributed by atoms with Gasteiger partial charge in [0, 0.05) is 24.0 Å². The highest BCUT2D eigenvalue weighted by Crippen LogP contribution is 2.47. The zero-order chi connectivity index (χ0) is 30.0. The number of aromatic nitrogens is 4. The third-order valence-corrected chi connectivity index (χ3v) is 8.02. The summed E-state index contributed by atoms with van der Waals surface area (Å²) in [5.74, 6) is 4.28. The van der Waals surface area contributed by atoms with Crippen LogP contribution in [-0.2, 0) is 22.7 Å². The molecular formula is C31H32F2N6O3. The Labute approximate surface area is 241 Å². The predicted octanol–water partition coefficient (Wildman–Crippen LogP) is 4.18. The highest BCUT2D eigenvalue weighted by molar-refractivity contribution is 5.83. The molecule has 11 heteroatoms. The van der Waals surface area contributed by atoms with Crippen LogP contribution in [0, 0.1) is 17.3 Å². The summed E-state index contributed by atoms with van der Waals surface area (Å²) in [5.41, 5.74) is 2.12. The van der Waals surface area contributed by atoms with Crippen LogP contribution in [0.5, 0.6) is 0 Å². The van der Waals surface area contributed by atoms with E-state index in [9.17, 15) is 23.5 Å². The first kappa shape index (κ1) is 29.0. The molecule has 1 fully saturated rings. The van der Waals surface area contributed by atoms with Crippen molar-refractivity contribution in [2.45, 2.75) is 64.1 Å². The smallest absolute Gasteiger partial charge is 0.248 e. The van der Waals surface area contributed by atoms with Crippen molar-refractivity contribution in [3.05, 3.63) is 71.4 Å². The van der Waals surface area contributed by atoms with E-state index in [0.717, 1.165) is 27.9 Å².